The molecule has 11 heavy (non-hydrogen) atoms. The van der Waals surface area contributed by atoms with Crippen LogP contribution in [0.3, 0.4) is 0 Å². The summed E-state index contributed by atoms with van der Waals surface area (Å²) in [6, 6.07) is 0.208. The van der Waals surface area contributed by atoms with E-state index in [1.165, 1.54) is 0 Å². The molecular formula is C8H20N2O. The van der Waals surface area contributed by atoms with Gasteiger partial charge < -0.3 is 15.4 Å². The van der Waals surface area contributed by atoms with Gasteiger partial charge in [0.1, 0.15) is 0 Å². The Morgan fingerprint density at radius 1 is 1.45 bits per heavy atom. The highest BCUT2D eigenvalue weighted by Crippen LogP contribution is 1.95. The van der Waals surface area contributed by atoms with E-state index in [1.807, 2.05) is 0 Å². The van der Waals surface area contributed by atoms with E-state index in [0.29, 0.717) is 6.61 Å². The van der Waals surface area contributed by atoms with Crippen LogP contribution in [0.2, 0.25) is 0 Å². The number of nitrogens with zero attached hydrogens (tertiary/aromatic N) is 1. The molecule has 0 amide bonds. The maximum absolute atomic E-state index is 5.73. The van der Waals surface area contributed by atoms with Gasteiger partial charge >= 0.3 is 0 Å². The highest BCUT2D eigenvalue weighted by molar-refractivity contribution is 4.60. The number of ether oxygens (including phenoxy) is 1. The van der Waals surface area contributed by atoms with Gasteiger partial charge in [-0.05, 0) is 33.5 Å². The van der Waals surface area contributed by atoms with E-state index in [4.69, 9.17) is 10.5 Å². The van der Waals surface area contributed by atoms with Crippen LogP contribution in [0.1, 0.15) is 12.8 Å². The third kappa shape index (κ3) is 7.78. The van der Waals surface area contributed by atoms with Crippen LogP contribution in [0.5, 0.6) is 0 Å². The van der Waals surface area contributed by atoms with Crippen LogP contribution >= 0.6 is 0 Å². The third-order valence-electron chi connectivity index (χ3n) is 1.56. The van der Waals surface area contributed by atoms with E-state index in [-0.39, 0.29) is 6.04 Å². The van der Waals surface area contributed by atoms with E-state index in [9.17, 15) is 0 Å². The first kappa shape index (κ1) is 10.9. The average Bonchev–Trinajstić information content (AvgIpc) is 1.87. The standard InChI is InChI=1S/C8H20N2O/c1-10(2)6-4-5-8(9)7-11-3/h8H,4-7,9H2,1-3H3. The van der Waals surface area contributed by atoms with Crippen LogP contribution in [-0.2, 0) is 4.74 Å². The summed E-state index contributed by atoms with van der Waals surface area (Å²) >= 11 is 0. The summed E-state index contributed by atoms with van der Waals surface area (Å²) in [6.45, 7) is 1.78. The normalized spacial score (nSPS) is 13.9. The van der Waals surface area contributed by atoms with Crippen LogP contribution in [0, 0.1) is 0 Å². The van der Waals surface area contributed by atoms with Crippen molar-refractivity contribution in [1.82, 2.24) is 4.90 Å². The van der Waals surface area contributed by atoms with Crippen LogP contribution in [-0.4, -0.2) is 45.3 Å². The van der Waals surface area contributed by atoms with Gasteiger partial charge in [-0.3, -0.25) is 0 Å². The van der Waals surface area contributed by atoms with Gasteiger partial charge in [-0.25, -0.2) is 0 Å². The van der Waals surface area contributed by atoms with Crippen molar-refractivity contribution in [2.24, 2.45) is 5.73 Å². The average molecular weight is 160 g/mol. The summed E-state index contributed by atoms with van der Waals surface area (Å²) in [5, 5.41) is 0. The number of hydrogen-bond donors (Lipinski definition) is 1. The smallest absolute Gasteiger partial charge is 0.0613 e. The predicted octanol–water partition coefficient (Wildman–Crippen LogP) is 0.302. The zero-order chi connectivity index (χ0) is 8.69. The summed E-state index contributed by atoms with van der Waals surface area (Å²) in [5.74, 6) is 0. The maximum atomic E-state index is 5.73. The molecule has 0 rings (SSSR count). The highest BCUT2D eigenvalue weighted by atomic mass is 16.5. The lowest BCUT2D eigenvalue weighted by Gasteiger charge is -2.12. The van der Waals surface area contributed by atoms with E-state index in [1.54, 1.807) is 7.11 Å². The Hall–Kier alpha value is -0.120. The quantitative estimate of drug-likeness (QED) is 0.607. The maximum Gasteiger partial charge on any atom is 0.0613 e. The van der Waals surface area contributed by atoms with Crippen LogP contribution in [0.15, 0.2) is 0 Å². The Morgan fingerprint density at radius 3 is 2.55 bits per heavy atom. The van der Waals surface area contributed by atoms with Crippen molar-refractivity contribution in [3.63, 3.8) is 0 Å². The molecule has 0 heterocycles. The van der Waals surface area contributed by atoms with Crippen molar-refractivity contribution in [2.75, 3.05) is 34.4 Å². The van der Waals surface area contributed by atoms with E-state index >= 15 is 0 Å². The van der Waals surface area contributed by atoms with Crippen LogP contribution < -0.4 is 5.73 Å². The Kier molecular flexibility index (Phi) is 6.51. The van der Waals surface area contributed by atoms with Gasteiger partial charge in [0, 0.05) is 13.2 Å². The zero-order valence-electron chi connectivity index (χ0n) is 7.84. The molecule has 0 saturated heterocycles. The first-order chi connectivity index (χ1) is 5.16. The SMILES string of the molecule is COCC(N)CCCN(C)C. The molecule has 0 bridgehead atoms. The Labute approximate surface area is 69.5 Å². The molecule has 0 aromatic heterocycles. The molecule has 0 aromatic carbocycles. The molecular weight excluding hydrogens is 140 g/mol. The minimum atomic E-state index is 0.208. The summed E-state index contributed by atoms with van der Waals surface area (Å²) in [6.07, 6.45) is 2.20. The Bertz CT molecular complexity index is 86.2. The summed E-state index contributed by atoms with van der Waals surface area (Å²) < 4.78 is 4.92. The van der Waals surface area contributed by atoms with Gasteiger partial charge in [-0.2, -0.15) is 0 Å². The van der Waals surface area contributed by atoms with Gasteiger partial charge in [-0.15, -0.1) is 0 Å². The van der Waals surface area contributed by atoms with Gasteiger partial charge in [0.25, 0.3) is 0 Å². The predicted molar refractivity (Wildman–Crippen MR) is 47.6 cm³/mol. The molecule has 0 radical (unpaired) electrons. The number of rotatable bonds is 6. The van der Waals surface area contributed by atoms with Gasteiger partial charge in [0.2, 0.25) is 0 Å². The molecule has 3 heteroatoms. The van der Waals surface area contributed by atoms with E-state index in [2.05, 4.69) is 19.0 Å². The topological polar surface area (TPSA) is 38.5 Å². The molecule has 0 spiro atoms. The Balaban J connectivity index is 3.10. The van der Waals surface area contributed by atoms with Crippen molar-refractivity contribution < 1.29 is 4.74 Å². The Morgan fingerprint density at radius 2 is 2.09 bits per heavy atom. The molecule has 1 atom stereocenters. The second-order valence-corrected chi connectivity index (χ2v) is 3.16. The highest BCUT2D eigenvalue weighted by Gasteiger charge is 2.00. The second kappa shape index (κ2) is 6.58. The second-order valence-electron chi connectivity index (χ2n) is 3.16. The molecule has 0 fully saturated rings. The van der Waals surface area contributed by atoms with Gasteiger partial charge in [0.15, 0.2) is 0 Å². The molecule has 0 aliphatic heterocycles. The lowest BCUT2D eigenvalue weighted by atomic mass is 10.2. The largest absolute Gasteiger partial charge is 0.383 e. The number of methoxy groups -OCH3 is 1. The summed E-state index contributed by atoms with van der Waals surface area (Å²) in [5.41, 5.74) is 5.73. The van der Waals surface area contributed by atoms with E-state index in [0.717, 1.165) is 19.4 Å². The van der Waals surface area contributed by atoms with Crippen LogP contribution in [0.25, 0.3) is 0 Å². The zero-order valence-corrected chi connectivity index (χ0v) is 7.84. The molecule has 0 aromatic rings. The number of nitrogens with two attached hydrogens (primary N) is 1. The molecule has 2 N–H and O–H groups in total. The van der Waals surface area contributed by atoms with Crippen molar-refractivity contribution in [3.8, 4) is 0 Å². The molecule has 0 aliphatic carbocycles. The fourth-order valence-corrected chi connectivity index (χ4v) is 0.967. The van der Waals surface area contributed by atoms with Crippen LogP contribution in [0.4, 0.5) is 0 Å². The molecule has 68 valence electrons. The summed E-state index contributed by atoms with van der Waals surface area (Å²) in [7, 11) is 5.83. The fraction of sp³-hybridized carbons (Fsp3) is 1.00. The minimum absolute atomic E-state index is 0.208. The first-order valence-electron chi connectivity index (χ1n) is 4.06. The molecule has 0 saturated carbocycles. The monoisotopic (exact) mass is 160 g/mol. The van der Waals surface area contributed by atoms with Gasteiger partial charge in [0.05, 0.1) is 6.61 Å². The fourth-order valence-electron chi connectivity index (χ4n) is 0.967. The molecule has 0 aliphatic rings. The van der Waals surface area contributed by atoms with Gasteiger partial charge in [-0.1, -0.05) is 0 Å². The summed E-state index contributed by atoms with van der Waals surface area (Å²) in [4.78, 5) is 2.17. The van der Waals surface area contributed by atoms with Crippen molar-refractivity contribution in [2.45, 2.75) is 18.9 Å². The molecule has 1 unspecified atom stereocenters. The minimum Gasteiger partial charge on any atom is -0.383 e. The van der Waals surface area contributed by atoms with Crippen molar-refractivity contribution in [1.29, 1.82) is 0 Å². The lowest BCUT2D eigenvalue weighted by molar-refractivity contribution is 0.175. The lowest BCUT2D eigenvalue weighted by Crippen LogP contribution is -2.26. The van der Waals surface area contributed by atoms with E-state index < -0.39 is 0 Å². The first-order valence-corrected chi connectivity index (χ1v) is 4.06. The number of hydrogen-bond acceptors (Lipinski definition) is 3. The van der Waals surface area contributed by atoms with Crippen molar-refractivity contribution >= 4 is 0 Å². The third-order valence-corrected chi connectivity index (χ3v) is 1.56. The molecule has 3 nitrogen and oxygen atoms in total. The van der Waals surface area contributed by atoms with Crippen molar-refractivity contribution in [3.05, 3.63) is 0 Å².